The standard InChI is InChI=1S/C30H62O/c1-3-5-7-9-11-13-15-17-19-21-23-25-27-29-30(31)28-26-24-22-20-18-16-14-12-10-8-6-4-2/h30-31H,3-29H2,1-2H3. The van der Waals surface area contributed by atoms with Crippen LogP contribution in [0.15, 0.2) is 0 Å². The molecule has 1 unspecified atom stereocenters. The summed E-state index contributed by atoms with van der Waals surface area (Å²) in [6, 6.07) is 0. The van der Waals surface area contributed by atoms with Crippen LogP contribution in [0.3, 0.4) is 0 Å². The second-order valence-corrected chi connectivity index (χ2v) is 10.4. The molecule has 0 aliphatic rings. The van der Waals surface area contributed by atoms with Gasteiger partial charge >= 0.3 is 0 Å². The first kappa shape index (κ1) is 31.0. The molecule has 0 aromatic heterocycles. The van der Waals surface area contributed by atoms with E-state index in [9.17, 15) is 5.11 Å². The Balaban J connectivity index is 3.13. The largest absolute Gasteiger partial charge is 0.393 e. The van der Waals surface area contributed by atoms with Crippen LogP contribution in [-0.2, 0) is 0 Å². The summed E-state index contributed by atoms with van der Waals surface area (Å²) in [4.78, 5) is 0. The van der Waals surface area contributed by atoms with E-state index in [1.807, 2.05) is 0 Å². The molecule has 0 saturated heterocycles. The number of unbranched alkanes of at least 4 members (excludes halogenated alkanes) is 23. The third kappa shape index (κ3) is 27.9. The lowest BCUT2D eigenvalue weighted by molar-refractivity contribution is 0.147. The number of rotatable bonds is 27. The molecule has 31 heavy (non-hydrogen) atoms. The second-order valence-electron chi connectivity index (χ2n) is 10.4. The molecule has 0 fully saturated rings. The zero-order chi connectivity index (χ0) is 22.7. The minimum atomic E-state index is -0.0316. The van der Waals surface area contributed by atoms with E-state index in [2.05, 4.69) is 13.8 Å². The zero-order valence-corrected chi connectivity index (χ0v) is 22.1. The summed E-state index contributed by atoms with van der Waals surface area (Å²) in [6.07, 6.45) is 37.1. The van der Waals surface area contributed by atoms with Gasteiger partial charge in [-0.15, -0.1) is 0 Å². The third-order valence-corrected chi connectivity index (χ3v) is 7.03. The Morgan fingerprint density at radius 2 is 0.516 bits per heavy atom. The van der Waals surface area contributed by atoms with Gasteiger partial charge in [0.05, 0.1) is 6.10 Å². The lowest BCUT2D eigenvalue weighted by Crippen LogP contribution is -2.05. The van der Waals surface area contributed by atoms with Crippen LogP contribution >= 0.6 is 0 Å². The SMILES string of the molecule is CCCCCCCCCCCCCCCC(O)CCCCCCCCCCCCCC. The lowest BCUT2D eigenvalue weighted by Gasteiger charge is -2.10. The van der Waals surface area contributed by atoms with Crippen LogP contribution in [0.2, 0.25) is 0 Å². The van der Waals surface area contributed by atoms with Crippen molar-refractivity contribution in [3.8, 4) is 0 Å². The maximum Gasteiger partial charge on any atom is 0.0540 e. The number of hydrogen-bond donors (Lipinski definition) is 1. The first-order valence-electron chi connectivity index (χ1n) is 15.0. The molecule has 0 spiro atoms. The lowest BCUT2D eigenvalue weighted by atomic mass is 10.0. The normalized spacial score (nSPS) is 12.5. The third-order valence-electron chi connectivity index (χ3n) is 7.03. The minimum Gasteiger partial charge on any atom is -0.393 e. The van der Waals surface area contributed by atoms with E-state index in [1.165, 1.54) is 161 Å². The van der Waals surface area contributed by atoms with Crippen molar-refractivity contribution in [1.29, 1.82) is 0 Å². The van der Waals surface area contributed by atoms with E-state index >= 15 is 0 Å². The van der Waals surface area contributed by atoms with Gasteiger partial charge in [0.25, 0.3) is 0 Å². The molecule has 1 heteroatoms. The van der Waals surface area contributed by atoms with Gasteiger partial charge in [-0.2, -0.15) is 0 Å². The van der Waals surface area contributed by atoms with E-state index in [-0.39, 0.29) is 6.10 Å². The molecule has 0 aromatic carbocycles. The molecule has 188 valence electrons. The first-order chi connectivity index (χ1) is 15.3. The van der Waals surface area contributed by atoms with Gasteiger partial charge in [0.15, 0.2) is 0 Å². The molecule has 0 amide bonds. The molecular formula is C30H62O. The monoisotopic (exact) mass is 438 g/mol. The van der Waals surface area contributed by atoms with Crippen molar-refractivity contribution >= 4 is 0 Å². The average Bonchev–Trinajstić information content (AvgIpc) is 2.77. The molecule has 0 bridgehead atoms. The van der Waals surface area contributed by atoms with Gasteiger partial charge < -0.3 is 5.11 Å². The van der Waals surface area contributed by atoms with Crippen molar-refractivity contribution in [2.45, 2.75) is 193 Å². The van der Waals surface area contributed by atoms with Crippen molar-refractivity contribution < 1.29 is 5.11 Å². The van der Waals surface area contributed by atoms with E-state index in [4.69, 9.17) is 0 Å². The Labute approximate surface area is 198 Å². The minimum absolute atomic E-state index is 0.0316. The summed E-state index contributed by atoms with van der Waals surface area (Å²) in [5.74, 6) is 0. The van der Waals surface area contributed by atoms with E-state index in [0.29, 0.717) is 0 Å². The molecule has 0 heterocycles. The molecule has 0 aromatic rings. The van der Waals surface area contributed by atoms with Gasteiger partial charge in [0, 0.05) is 0 Å². The van der Waals surface area contributed by atoms with Crippen LogP contribution in [0.5, 0.6) is 0 Å². The molecule has 0 rings (SSSR count). The Morgan fingerprint density at radius 3 is 0.742 bits per heavy atom. The fourth-order valence-electron chi connectivity index (χ4n) is 4.76. The highest BCUT2D eigenvalue weighted by molar-refractivity contribution is 4.58. The van der Waals surface area contributed by atoms with Crippen molar-refractivity contribution in [2.24, 2.45) is 0 Å². The molecular weight excluding hydrogens is 376 g/mol. The molecule has 0 aliphatic heterocycles. The number of hydrogen-bond acceptors (Lipinski definition) is 1. The second kappa shape index (κ2) is 28.0. The number of aliphatic hydroxyl groups excluding tert-OH is 1. The Morgan fingerprint density at radius 1 is 0.323 bits per heavy atom. The summed E-state index contributed by atoms with van der Waals surface area (Å²) in [5, 5.41) is 10.2. The summed E-state index contributed by atoms with van der Waals surface area (Å²) in [6.45, 7) is 4.58. The molecule has 0 radical (unpaired) electrons. The maximum atomic E-state index is 10.2. The van der Waals surface area contributed by atoms with Crippen LogP contribution in [-0.4, -0.2) is 11.2 Å². The van der Waals surface area contributed by atoms with Gasteiger partial charge in [-0.05, 0) is 12.8 Å². The molecule has 0 aliphatic carbocycles. The van der Waals surface area contributed by atoms with Gasteiger partial charge in [0.1, 0.15) is 0 Å². The zero-order valence-electron chi connectivity index (χ0n) is 22.1. The van der Waals surface area contributed by atoms with Gasteiger partial charge in [-0.1, -0.05) is 174 Å². The number of aliphatic hydroxyl groups is 1. The van der Waals surface area contributed by atoms with Crippen LogP contribution in [0.25, 0.3) is 0 Å². The van der Waals surface area contributed by atoms with Gasteiger partial charge in [-0.25, -0.2) is 0 Å². The van der Waals surface area contributed by atoms with Gasteiger partial charge in [-0.3, -0.25) is 0 Å². The summed E-state index contributed by atoms with van der Waals surface area (Å²) in [5.41, 5.74) is 0. The van der Waals surface area contributed by atoms with E-state index < -0.39 is 0 Å². The van der Waals surface area contributed by atoms with Crippen LogP contribution in [0.4, 0.5) is 0 Å². The molecule has 1 nitrogen and oxygen atoms in total. The highest BCUT2D eigenvalue weighted by Gasteiger charge is 2.04. The maximum absolute atomic E-state index is 10.2. The van der Waals surface area contributed by atoms with Crippen molar-refractivity contribution in [1.82, 2.24) is 0 Å². The quantitative estimate of drug-likeness (QED) is 0.126. The van der Waals surface area contributed by atoms with Crippen LogP contribution in [0.1, 0.15) is 187 Å². The smallest absolute Gasteiger partial charge is 0.0540 e. The predicted octanol–water partition coefficient (Wildman–Crippen LogP) is 10.9. The van der Waals surface area contributed by atoms with Crippen LogP contribution < -0.4 is 0 Å². The molecule has 1 N–H and O–H groups in total. The highest BCUT2D eigenvalue weighted by atomic mass is 16.3. The fraction of sp³-hybridized carbons (Fsp3) is 1.00. The summed E-state index contributed by atoms with van der Waals surface area (Å²) >= 11 is 0. The Bertz CT molecular complexity index is 301. The summed E-state index contributed by atoms with van der Waals surface area (Å²) < 4.78 is 0. The van der Waals surface area contributed by atoms with Crippen molar-refractivity contribution in [3.05, 3.63) is 0 Å². The molecule has 0 saturated carbocycles. The average molecular weight is 439 g/mol. The van der Waals surface area contributed by atoms with E-state index in [0.717, 1.165) is 12.8 Å². The Kier molecular flexibility index (Phi) is 28.0. The van der Waals surface area contributed by atoms with Crippen molar-refractivity contribution in [2.75, 3.05) is 0 Å². The fourth-order valence-corrected chi connectivity index (χ4v) is 4.76. The van der Waals surface area contributed by atoms with E-state index in [1.54, 1.807) is 0 Å². The highest BCUT2D eigenvalue weighted by Crippen LogP contribution is 2.16. The molecule has 1 atom stereocenters. The Hall–Kier alpha value is -0.0400. The predicted molar refractivity (Wildman–Crippen MR) is 142 cm³/mol. The van der Waals surface area contributed by atoms with Crippen LogP contribution in [0, 0.1) is 0 Å². The van der Waals surface area contributed by atoms with Crippen molar-refractivity contribution in [3.63, 3.8) is 0 Å². The topological polar surface area (TPSA) is 20.2 Å². The summed E-state index contributed by atoms with van der Waals surface area (Å²) in [7, 11) is 0. The van der Waals surface area contributed by atoms with Gasteiger partial charge in [0.2, 0.25) is 0 Å². The first-order valence-corrected chi connectivity index (χ1v) is 15.0.